The monoisotopic (exact) mass is 411 g/mol. The Balaban J connectivity index is 1.37. The Labute approximate surface area is 172 Å². The molecule has 0 saturated carbocycles. The zero-order valence-corrected chi connectivity index (χ0v) is 16.9. The van der Waals surface area contributed by atoms with Gasteiger partial charge in [0.2, 0.25) is 17.9 Å². The van der Waals surface area contributed by atoms with Gasteiger partial charge in [-0.25, -0.2) is 4.68 Å². The Kier molecular flexibility index (Phi) is 5.30. The lowest BCUT2D eigenvalue weighted by Gasteiger charge is -2.12. The number of hydrogen-bond donors (Lipinski definition) is 2. The second-order valence-corrected chi connectivity index (χ2v) is 8.02. The molecule has 0 bridgehead atoms. The fraction of sp³-hybridized carbons (Fsp3) is 0.250. The van der Waals surface area contributed by atoms with E-state index in [1.165, 1.54) is 16.4 Å². The molecule has 8 nitrogen and oxygen atoms in total. The van der Waals surface area contributed by atoms with Crippen LogP contribution in [0.25, 0.3) is 11.4 Å². The predicted molar refractivity (Wildman–Crippen MR) is 110 cm³/mol. The van der Waals surface area contributed by atoms with E-state index in [-0.39, 0.29) is 18.0 Å². The highest BCUT2D eigenvalue weighted by Gasteiger charge is 2.20. The summed E-state index contributed by atoms with van der Waals surface area (Å²) >= 11 is 1.26. The second-order valence-electron chi connectivity index (χ2n) is 6.71. The summed E-state index contributed by atoms with van der Waals surface area (Å²) in [5.41, 5.74) is 2.96. The number of ether oxygens (including phenoxy) is 2. The molecular formula is C20H21N5O3S. The number of aromatic nitrogens is 3. The molecule has 2 heterocycles. The Morgan fingerprint density at radius 2 is 1.97 bits per heavy atom. The number of carbonyl (C=O) groups is 1. The summed E-state index contributed by atoms with van der Waals surface area (Å²) in [4.78, 5) is 12.5. The fourth-order valence-electron chi connectivity index (χ4n) is 2.85. The van der Waals surface area contributed by atoms with Gasteiger partial charge in [-0.15, -0.1) is 10.2 Å². The summed E-state index contributed by atoms with van der Waals surface area (Å²) in [5, 5.41) is 11.3. The number of benzene rings is 2. The molecule has 3 aromatic rings. The molecule has 3 N–H and O–H groups in total. The van der Waals surface area contributed by atoms with Crippen LogP contribution in [0.5, 0.6) is 11.5 Å². The highest BCUT2D eigenvalue weighted by atomic mass is 32.2. The zero-order valence-electron chi connectivity index (χ0n) is 16.1. The quantitative estimate of drug-likeness (QED) is 0.474. The lowest BCUT2D eigenvalue weighted by Crippen LogP contribution is -2.30. The molecule has 0 radical (unpaired) electrons. The summed E-state index contributed by atoms with van der Waals surface area (Å²) in [7, 11) is 0. The van der Waals surface area contributed by atoms with E-state index in [0.717, 1.165) is 22.4 Å². The number of nitrogens with two attached hydrogens (primary N) is 1. The van der Waals surface area contributed by atoms with Crippen LogP contribution in [0.1, 0.15) is 18.1 Å². The minimum atomic E-state index is -0.388. The van der Waals surface area contributed by atoms with Crippen molar-refractivity contribution in [2.24, 2.45) is 0 Å². The van der Waals surface area contributed by atoms with Crippen LogP contribution in [0, 0.1) is 6.92 Å². The molecule has 0 spiro atoms. The van der Waals surface area contributed by atoms with Gasteiger partial charge in [-0.05, 0) is 31.5 Å². The fourth-order valence-corrected chi connectivity index (χ4v) is 3.65. The van der Waals surface area contributed by atoms with Crippen molar-refractivity contribution in [1.82, 2.24) is 20.2 Å². The van der Waals surface area contributed by atoms with E-state index in [4.69, 9.17) is 15.3 Å². The largest absolute Gasteiger partial charge is 0.454 e. The molecule has 0 saturated heterocycles. The van der Waals surface area contributed by atoms with Gasteiger partial charge in [0.15, 0.2) is 17.3 Å². The van der Waals surface area contributed by atoms with Gasteiger partial charge in [0.25, 0.3) is 0 Å². The van der Waals surface area contributed by atoms with Gasteiger partial charge < -0.3 is 20.6 Å². The highest BCUT2D eigenvalue weighted by molar-refractivity contribution is 8.00. The molecule has 9 heteroatoms. The molecule has 0 unspecified atom stereocenters. The number of hydrogen-bond acceptors (Lipinski definition) is 7. The van der Waals surface area contributed by atoms with Gasteiger partial charge in [0.05, 0.1) is 5.25 Å². The van der Waals surface area contributed by atoms with E-state index in [1.807, 2.05) is 49.4 Å². The number of fused-ring (bicyclic) bond motifs is 1. The van der Waals surface area contributed by atoms with Gasteiger partial charge in [-0.1, -0.05) is 47.7 Å². The minimum Gasteiger partial charge on any atom is -0.454 e. The zero-order chi connectivity index (χ0) is 20.4. The maximum absolute atomic E-state index is 12.5. The summed E-state index contributed by atoms with van der Waals surface area (Å²) in [6.07, 6.45) is 0. The molecule has 1 aromatic heterocycles. The van der Waals surface area contributed by atoms with Crippen molar-refractivity contribution >= 4 is 17.7 Å². The van der Waals surface area contributed by atoms with Crippen LogP contribution in [0.2, 0.25) is 0 Å². The molecule has 0 aliphatic carbocycles. The first-order chi connectivity index (χ1) is 14.0. The van der Waals surface area contributed by atoms with E-state index < -0.39 is 0 Å². The van der Waals surface area contributed by atoms with E-state index in [9.17, 15) is 4.79 Å². The number of nitrogens with zero attached hydrogens (tertiary/aromatic N) is 3. The number of nitrogen functional groups attached to an aromatic ring is 1. The normalized spacial score (nSPS) is 13.3. The number of rotatable bonds is 6. The number of amides is 1. The average Bonchev–Trinajstić information content (AvgIpc) is 3.33. The lowest BCUT2D eigenvalue weighted by atomic mass is 10.1. The first-order valence-corrected chi connectivity index (χ1v) is 9.99. The van der Waals surface area contributed by atoms with Crippen LogP contribution < -0.4 is 20.6 Å². The van der Waals surface area contributed by atoms with Crippen LogP contribution in [0.15, 0.2) is 47.6 Å². The van der Waals surface area contributed by atoms with Gasteiger partial charge in [-0.3, -0.25) is 4.79 Å². The van der Waals surface area contributed by atoms with Crippen molar-refractivity contribution in [3.8, 4) is 22.9 Å². The number of thioether (sulfide) groups is 1. The smallest absolute Gasteiger partial charge is 0.233 e. The first kappa shape index (κ1) is 19.1. The van der Waals surface area contributed by atoms with Crippen molar-refractivity contribution in [2.45, 2.75) is 30.8 Å². The highest BCUT2D eigenvalue weighted by Crippen LogP contribution is 2.32. The summed E-state index contributed by atoms with van der Waals surface area (Å²) < 4.78 is 12.1. The third-order valence-corrected chi connectivity index (χ3v) is 5.59. The third-order valence-electron chi connectivity index (χ3n) is 4.53. The van der Waals surface area contributed by atoms with Gasteiger partial charge >= 0.3 is 0 Å². The van der Waals surface area contributed by atoms with Crippen LogP contribution in [-0.4, -0.2) is 32.8 Å². The van der Waals surface area contributed by atoms with Gasteiger partial charge in [-0.2, -0.15) is 0 Å². The average molecular weight is 411 g/mol. The molecule has 1 aliphatic heterocycles. The SMILES string of the molecule is Cc1ccc(-c2nnc(S[C@@H](C)C(=O)NCc3ccc4c(c3)OCO4)n2N)cc1. The van der Waals surface area contributed by atoms with Crippen LogP contribution in [0.4, 0.5) is 0 Å². The Hall–Kier alpha value is -3.20. The molecule has 1 amide bonds. The Morgan fingerprint density at radius 1 is 1.21 bits per heavy atom. The van der Waals surface area contributed by atoms with Crippen LogP contribution >= 0.6 is 11.8 Å². The summed E-state index contributed by atoms with van der Waals surface area (Å²) in [6.45, 7) is 4.44. The number of nitrogens with one attached hydrogen (secondary N) is 1. The number of aryl methyl sites for hydroxylation is 1. The maximum atomic E-state index is 12.5. The maximum Gasteiger partial charge on any atom is 0.233 e. The molecule has 1 aliphatic rings. The van der Waals surface area contributed by atoms with Crippen molar-refractivity contribution in [2.75, 3.05) is 12.6 Å². The standard InChI is InChI=1S/C20H21N5O3S/c1-12-3-6-15(7-4-12)18-23-24-20(25(18)21)29-13(2)19(26)22-10-14-5-8-16-17(9-14)28-11-27-16/h3-9,13H,10-11,21H2,1-2H3,(H,22,26)/t13-/m0/s1. The molecule has 2 aromatic carbocycles. The van der Waals surface area contributed by atoms with Crippen molar-refractivity contribution in [3.63, 3.8) is 0 Å². The second kappa shape index (κ2) is 8.04. The third kappa shape index (κ3) is 4.14. The van der Waals surface area contributed by atoms with Crippen molar-refractivity contribution < 1.29 is 14.3 Å². The van der Waals surface area contributed by atoms with Gasteiger partial charge in [0.1, 0.15) is 0 Å². The topological polar surface area (TPSA) is 104 Å². The van der Waals surface area contributed by atoms with Crippen molar-refractivity contribution in [3.05, 3.63) is 53.6 Å². The van der Waals surface area contributed by atoms with Gasteiger partial charge in [0, 0.05) is 12.1 Å². The molecule has 150 valence electrons. The van der Waals surface area contributed by atoms with E-state index in [1.54, 1.807) is 6.92 Å². The van der Waals surface area contributed by atoms with E-state index >= 15 is 0 Å². The number of carbonyl (C=O) groups excluding carboxylic acids is 1. The molecule has 1 atom stereocenters. The molecule has 0 fully saturated rings. The minimum absolute atomic E-state index is 0.118. The summed E-state index contributed by atoms with van der Waals surface area (Å²) in [5.74, 6) is 8.00. The Morgan fingerprint density at radius 3 is 2.76 bits per heavy atom. The first-order valence-electron chi connectivity index (χ1n) is 9.11. The van der Waals surface area contributed by atoms with Crippen LogP contribution in [-0.2, 0) is 11.3 Å². The lowest BCUT2D eigenvalue weighted by molar-refractivity contribution is -0.120. The molecule has 29 heavy (non-hydrogen) atoms. The van der Waals surface area contributed by atoms with E-state index in [0.29, 0.717) is 23.3 Å². The molecular weight excluding hydrogens is 390 g/mol. The summed E-state index contributed by atoms with van der Waals surface area (Å²) in [6, 6.07) is 13.5. The predicted octanol–water partition coefficient (Wildman–Crippen LogP) is 2.49. The van der Waals surface area contributed by atoms with E-state index in [2.05, 4.69) is 15.5 Å². The van der Waals surface area contributed by atoms with Crippen LogP contribution in [0.3, 0.4) is 0 Å². The molecule has 4 rings (SSSR count). The Bertz CT molecular complexity index is 1040. The van der Waals surface area contributed by atoms with Crippen molar-refractivity contribution in [1.29, 1.82) is 0 Å².